The summed E-state index contributed by atoms with van der Waals surface area (Å²) in [4.78, 5) is 0. The highest BCUT2D eigenvalue weighted by Gasteiger charge is 2.14. The number of aromatic nitrogens is 3. The lowest BCUT2D eigenvalue weighted by atomic mass is 10.2. The minimum atomic E-state index is 0.0423. The summed E-state index contributed by atoms with van der Waals surface area (Å²) in [6.45, 7) is 0.499. The van der Waals surface area contributed by atoms with E-state index in [1.165, 1.54) is 0 Å². The van der Waals surface area contributed by atoms with Gasteiger partial charge in [0, 0.05) is 12.1 Å². The number of benzene rings is 1. The van der Waals surface area contributed by atoms with E-state index in [1.807, 2.05) is 26.2 Å². The van der Waals surface area contributed by atoms with Gasteiger partial charge in [-0.15, -0.1) is 5.10 Å². The molecule has 0 saturated carbocycles. The lowest BCUT2D eigenvalue weighted by molar-refractivity contribution is 0.267. The maximum Gasteiger partial charge on any atom is 0.119 e. The highest BCUT2D eigenvalue weighted by Crippen LogP contribution is 2.18. The van der Waals surface area contributed by atoms with Crippen LogP contribution in [0.5, 0.6) is 5.75 Å². The summed E-state index contributed by atoms with van der Waals surface area (Å²) >= 11 is 5.82. The zero-order valence-electron chi connectivity index (χ0n) is 10.3. The van der Waals surface area contributed by atoms with Crippen LogP contribution in [0.3, 0.4) is 0 Å². The van der Waals surface area contributed by atoms with E-state index in [4.69, 9.17) is 16.3 Å². The highest BCUT2D eigenvalue weighted by atomic mass is 35.5. The van der Waals surface area contributed by atoms with E-state index in [0.717, 1.165) is 11.4 Å². The molecule has 5 nitrogen and oxygen atoms in total. The first-order chi connectivity index (χ1) is 8.70. The fraction of sp³-hybridized carbons (Fsp3) is 0.333. The molecule has 1 N–H and O–H groups in total. The maximum atomic E-state index is 5.82. The lowest BCUT2D eigenvalue weighted by Crippen LogP contribution is -2.25. The van der Waals surface area contributed by atoms with Gasteiger partial charge in [-0.05, 0) is 31.3 Å². The Bertz CT molecular complexity index is 497. The molecule has 1 aromatic heterocycles. The van der Waals surface area contributed by atoms with Crippen molar-refractivity contribution in [1.82, 2.24) is 20.3 Å². The van der Waals surface area contributed by atoms with Crippen molar-refractivity contribution in [3.05, 3.63) is 41.2 Å². The second-order valence-electron chi connectivity index (χ2n) is 3.89. The van der Waals surface area contributed by atoms with E-state index >= 15 is 0 Å². The van der Waals surface area contributed by atoms with Crippen molar-refractivity contribution in [1.29, 1.82) is 0 Å². The second kappa shape index (κ2) is 5.84. The number of rotatable bonds is 5. The number of nitrogens with one attached hydrogen (secondary N) is 1. The van der Waals surface area contributed by atoms with Crippen LogP contribution in [0, 0.1) is 0 Å². The molecule has 2 aromatic rings. The van der Waals surface area contributed by atoms with Gasteiger partial charge < -0.3 is 10.1 Å². The molecular formula is C12H15ClN4O. The molecule has 0 aliphatic heterocycles. The first-order valence-corrected chi connectivity index (χ1v) is 5.98. The average Bonchev–Trinajstić information content (AvgIpc) is 2.79. The minimum Gasteiger partial charge on any atom is -0.492 e. The van der Waals surface area contributed by atoms with Crippen LogP contribution >= 0.6 is 11.6 Å². The summed E-state index contributed by atoms with van der Waals surface area (Å²) in [5.41, 5.74) is 0.978. The Kier molecular flexibility index (Phi) is 4.17. The Morgan fingerprint density at radius 2 is 2.11 bits per heavy atom. The molecule has 1 atom stereocenters. The molecule has 0 fully saturated rings. The summed E-state index contributed by atoms with van der Waals surface area (Å²) in [7, 11) is 3.73. The summed E-state index contributed by atoms with van der Waals surface area (Å²) in [5, 5.41) is 11.6. The highest BCUT2D eigenvalue weighted by molar-refractivity contribution is 6.30. The van der Waals surface area contributed by atoms with Gasteiger partial charge in [0.1, 0.15) is 12.4 Å². The van der Waals surface area contributed by atoms with E-state index in [0.29, 0.717) is 11.6 Å². The van der Waals surface area contributed by atoms with Crippen molar-refractivity contribution in [3.63, 3.8) is 0 Å². The molecule has 0 radical (unpaired) electrons. The van der Waals surface area contributed by atoms with E-state index in [9.17, 15) is 0 Å². The third-order valence-electron chi connectivity index (χ3n) is 2.69. The molecule has 1 unspecified atom stereocenters. The average molecular weight is 267 g/mol. The van der Waals surface area contributed by atoms with Crippen LogP contribution in [0.15, 0.2) is 30.5 Å². The number of halogens is 1. The Morgan fingerprint density at radius 3 is 2.67 bits per heavy atom. The Labute approximate surface area is 111 Å². The summed E-state index contributed by atoms with van der Waals surface area (Å²) in [6, 6.07) is 7.33. The van der Waals surface area contributed by atoms with Gasteiger partial charge >= 0.3 is 0 Å². The molecule has 0 spiro atoms. The summed E-state index contributed by atoms with van der Waals surface area (Å²) in [6.07, 6.45) is 1.73. The van der Waals surface area contributed by atoms with Crippen molar-refractivity contribution in [3.8, 4) is 5.75 Å². The van der Waals surface area contributed by atoms with Crippen molar-refractivity contribution >= 4 is 11.6 Å². The Balaban J connectivity index is 2.00. The van der Waals surface area contributed by atoms with Crippen LogP contribution in [0.2, 0.25) is 5.02 Å². The number of aryl methyl sites for hydroxylation is 1. The molecule has 0 aliphatic carbocycles. The smallest absolute Gasteiger partial charge is 0.119 e. The van der Waals surface area contributed by atoms with Gasteiger partial charge in [-0.1, -0.05) is 16.8 Å². The Hall–Kier alpha value is -1.59. The van der Waals surface area contributed by atoms with Crippen LogP contribution in [0.1, 0.15) is 11.7 Å². The second-order valence-corrected chi connectivity index (χ2v) is 4.33. The zero-order chi connectivity index (χ0) is 13.0. The molecule has 0 saturated heterocycles. The molecule has 0 aliphatic rings. The summed E-state index contributed by atoms with van der Waals surface area (Å²) in [5.74, 6) is 0.787. The van der Waals surface area contributed by atoms with E-state index in [-0.39, 0.29) is 6.04 Å². The van der Waals surface area contributed by atoms with E-state index in [1.54, 1.807) is 23.0 Å². The van der Waals surface area contributed by atoms with Gasteiger partial charge in [-0.3, -0.25) is 4.68 Å². The third-order valence-corrected chi connectivity index (χ3v) is 2.94. The quantitative estimate of drug-likeness (QED) is 0.897. The fourth-order valence-electron chi connectivity index (χ4n) is 1.64. The van der Waals surface area contributed by atoms with Gasteiger partial charge in [0.2, 0.25) is 0 Å². The van der Waals surface area contributed by atoms with Crippen LogP contribution in [-0.2, 0) is 7.05 Å². The topological polar surface area (TPSA) is 52.0 Å². The predicted molar refractivity (Wildman–Crippen MR) is 69.8 cm³/mol. The van der Waals surface area contributed by atoms with Gasteiger partial charge in [0.15, 0.2) is 0 Å². The van der Waals surface area contributed by atoms with Crippen molar-refractivity contribution in [2.75, 3.05) is 13.7 Å². The lowest BCUT2D eigenvalue weighted by Gasteiger charge is -2.16. The number of hydrogen-bond donors (Lipinski definition) is 1. The normalized spacial score (nSPS) is 12.4. The molecule has 1 heterocycles. The molecule has 1 aromatic carbocycles. The van der Waals surface area contributed by atoms with E-state index < -0.39 is 0 Å². The third kappa shape index (κ3) is 3.00. The van der Waals surface area contributed by atoms with Gasteiger partial charge in [0.25, 0.3) is 0 Å². The maximum absolute atomic E-state index is 5.82. The molecule has 0 bridgehead atoms. The van der Waals surface area contributed by atoms with Crippen LogP contribution in [0.25, 0.3) is 0 Å². The zero-order valence-corrected chi connectivity index (χ0v) is 11.1. The van der Waals surface area contributed by atoms with Gasteiger partial charge in [0.05, 0.1) is 17.9 Å². The molecule has 2 rings (SSSR count). The van der Waals surface area contributed by atoms with Gasteiger partial charge in [-0.2, -0.15) is 0 Å². The first-order valence-electron chi connectivity index (χ1n) is 5.61. The predicted octanol–water partition coefficient (Wildman–Crippen LogP) is 1.81. The summed E-state index contributed by atoms with van der Waals surface area (Å²) < 4.78 is 7.43. The molecule has 6 heteroatoms. The van der Waals surface area contributed by atoms with Crippen LogP contribution in [-0.4, -0.2) is 28.6 Å². The van der Waals surface area contributed by atoms with Crippen molar-refractivity contribution in [2.45, 2.75) is 6.04 Å². The van der Waals surface area contributed by atoms with Crippen LogP contribution in [0.4, 0.5) is 0 Å². The number of ether oxygens (including phenoxy) is 1. The first kappa shape index (κ1) is 12.9. The SMILES string of the molecule is CNC(COc1ccc(Cl)cc1)c1cnnn1C. The number of hydrogen-bond acceptors (Lipinski definition) is 4. The van der Waals surface area contributed by atoms with Crippen LogP contribution < -0.4 is 10.1 Å². The van der Waals surface area contributed by atoms with Crippen molar-refractivity contribution < 1.29 is 4.74 Å². The molecule has 0 amide bonds. The minimum absolute atomic E-state index is 0.0423. The molecule has 18 heavy (non-hydrogen) atoms. The monoisotopic (exact) mass is 266 g/mol. The largest absolute Gasteiger partial charge is 0.492 e. The van der Waals surface area contributed by atoms with Gasteiger partial charge in [-0.25, -0.2) is 0 Å². The molecule has 96 valence electrons. The Morgan fingerprint density at radius 1 is 1.39 bits per heavy atom. The molecular weight excluding hydrogens is 252 g/mol. The standard InChI is InChI=1S/C12H15ClN4O/c1-14-11(12-7-15-16-17(12)2)8-18-10-5-3-9(13)4-6-10/h3-7,11,14H,8H2,1-2H3. The fourth-order valence-corrected chi connectivity index (χ4v) is 1.77. The van der Waals surface area contributed by atoms with Crippen molar-refractivity contribution in [2.24, 2.45) is 7.05 Å². The number of nitrogens with zero attached hydrogens (tertiary/aromatic N) is 3. The van der Waals surface area contributed by atoms with E-state index in [2.05, 4.69) is 15.6 Å². The number of likely N-dealkylation sites (N-methyl/N-ethyl adjacent to an activating group) is 1.